The first kappa shape index (κ1) is 25.8. The number of amides is 3. The van der Waals surface area contributed by atoms with Crippen LogP contribution in [0, 0.1) is 0 Å². The Morgan fingerprint density at radius 2 is 1.89 bits per heavy atom. The maximum atomic E-state index is 12.8. The summed E-state index contributed by atoms with van der Waals surface area (Å²) in [6, 6.07) is 4.85. The molecule has 2 aliphatic rings. The normalized spacial score (nSPS) is 18.1. The van der Waals surface area contributed by atoms with Crippen molar-refractivity contribution in [3.05, 3.63) is 41.2 Å². The number of carbonyl (C=O) groups excluding carboxylic acids is 3. The second kappa shape index (κ2) is 9.44. The van der Waals surface area contributed by atoms with E-state index in [1.54, 1.807) is 10.7 Å². The summed E-state index contributed by atoms with van der Waals surface area (Å²) in [5, 5.41) is 21.1. The van der Waals surface area contributed by atoms with E-state index in [9.17, 15) is 27.6 Å². The van der Waals surface area contributed by atoms with Gasteiger partial charge in [-0.3, -0.25) is 19.7 Å². The van der Waals surface area contributed by atoms with Crippen molar-refractivity contribution in [3.8, 4) is 5.69 Å². The third-order valence-electron chi connectivity index (χ3n) is 5.77. The summed E-state index contributed by atoms with van der Waals surface area (Å²) in [5.41, 5.74) is 2.69. The van der Waals surface area contributed by atoms with Crippen molar-refractivity contribution in [1.29, 1.82) is 0 Å². The monoisotopic (exact) mass is 496 g/mol. The van der Waals surface area contributed by atoms with Crippen molar-refractivity contribution in [2.24, 2.45) is 0 Å². The molecule has 0 spiro atoms. The number of alkyl halides is 3. The first-order valence-electron chi connectivity index (χ1n) is 10.4. The number of hydrogen-bond acceptors (Lipinski definition) is 7. The number of nitrogens with zero attached hydrogens (tertiary/aromatic N) is 4. The minimum Gasteiger partial charge on any atom is -0.475 e. The summed E-state index contributed by atoms with van der Waals surface area (Å²) in [6.45, 7) is 4.36. The number of carboxylic acid groups (broad SMARTS) is 1. The Morgan fingerprint density at radius 1 is 1.23 bits per heavy atom. The maximum Gasteiger partial charge on any atom is 0.490 e. The molecule has 3 N–H and O–H groups in total. The van der Waals surface area contributed by atoms with E-state index < -0.39 is 24.1 Å². The maximum absolute atomic E-state index is 12.8. The Bertz CT molecular complexity index is 1180. The highest BCUT2D eigenvalue weighted by Gasteiger charge is 2.39. The quantitative estimate of drug-likeness (QED) is 0.534. The molecule has 14 heteroatoms. The largest absolute Gasteiger partial charge is 0.490 e. The van der Waals surface area contributed by atoms with Crippen LogP contribution in [0.25, 0.3) is 5.69 Å². The third-order valence-corrected chi connectivity index (χ3v) is 5.77. The van der Waals surface area contributed by atoms with Gasteiger partial charge in [-0.15, -0.1) is 5.10 Å². The highest BCUT2D eigenvalue weighted by atomic mass is 19.4. The fraction of sp³-hybridized carbons (Fsp3) is 0.429. The van der Waals surface area contributed by atoms with Crippen molar-refractivity contribution in [3.63, 3.8) is 0 Å². The zero-order valence-electron chi connectivity index (χ0n) is 19.0. The van der Waals surface area contributed by atoms with Crippen LogP contribution in [-0.4, -0.2) is 68.0 Å². The number of piperidine rings is 1. The van der Waals surface area contributed by atoms with Gasteiger partial charge in [0.25, 0.3) is 5.91 Å². The van der Waals surface area contributed by atoms with Crippen LogP contribution in [0.1, 0.15) is 48.3 Å². The summed E-state index contributed by atoms with van der Waals surface area (Å²) >= 11 is 0. The second-order valence-electron chi connectivity index (χ2n) is 8.47. The number of aromatic nitrogens is 3. The highest BCUT2D eigenvalue weighted by Crippen LogP contribution is 2.29. The van der Waals surface area contributed by atoms with Crippen LogP contribution >= 0.6 is 0 Å². The van der Waals surface area contributed by atoms with Crippen molar-refractivity contribution in [1.82, 2.24) is 30.5 Å². The van der Waals surface area contributed by atoms with Crippen molar-refractivity contribution >= 4 is 23.7 Å². The van der Waals surface area contributed by atoms with Gasteiger partial charge in [0.2, 0.25) is 11.8 Å². The van der Waals surface area contributed by atoms with E-state index in [4.69, 9.17) is 9.90 Å². The number of carboxylic acids is 1. The van der Waals surface area contributed by atoms with Crippen molar-refractivity contribution in [2.45, 2.75) is 51.0 Å². The SMILES string of the molecule is CNC(C)(C)c1cn(-c2ccc3c(c2)CN(C2CCC(=O)NC2=O)C3=O)nn1.O=C(O)C(F)(F)F. The van der Waals surface area contributed by atoms with Crippen LogP contribution in [0.2, 0.25) is 0 Å². The smallest absolute Gasteiger partial charge is 0.475 e. The van der Waals surface area contributed by atoms with E-state index in [2.05, 4.69) is 20.9 Å². The lowest BCUT2D eigenvalue weighted by Gasteiger charge is -2.29. The predicted octanol–water partition coefficient (Wildman–Crippen LogP) is 1.12. The van der Waals surface area contributed by atoms with Gasteiger partial charge in [-0.2, -0.15) is 13.2 Å². The van der Waals surface area contributed by atoms with Gasteiger partial charge in [-0.1, -0.05) is 5.21 Å². The number of nitrogens with one attached hydrogen (secondary N) is 2. The number of imide groups is 1. The molecule has 1 saturated heterocycles. The number of rotatable bonds is 4. The Balaban J connectivity index is 0.000000429. The minimum absolute atomic E-state index is 0.188. The summed E-state index contributed by atoms with van der Waals surface area (Å²) in [6.07, 6.45) is -2.64. The molecule has 3 heterocycles. The van der Waals surface area contributed by atoms with E-state index in [-0.39, 0.29) is 23.8 Å². The van der Waals surface area contributed by atoms with Crippen LogP contribution in [0.5, 0.6) is 0 Å². The standard InChI is InChI=1S/C19H22N6O3.C2HF3O2/c1-19(2,20-3)15-10-25(23-22-15)12-4-5-13-11(8-12)9-24(18(13)28)14-6-7-16(26)21-17(14)27;3-2(4,5)1(6)7/h4-5,8,10,14,20H,6-7,9H2,1-3H3,(H,21,26,27);(H,6,7). The van der Waals surface area contributed by atoms with Crippen LogP contribution in [0.4, 0.5) is 13.2 Å². The molecule has 0 radical (unpaired) electrons. The topological polar surface area (TPSA) is 147 Å². The summed E-state index contributed by atoms with van der Waals surface area (Å²) in [7, 11) is 1.86. The Kier molecular flexibility index (Phi) is 6.96. The summed E-state index contributed by atoms with van der Waals surface area (Å²) < 4.78 is 33.4. The van der Waals surface area contributed by atoms with Crippen molar-refractivity contribution in [2.75, 3.05) is 7.05 Å². The number of carbonyl (C=O) groups is 4. The molecular weight excluding hydrogens is 473 g/mol. The lowest BCUT2D eigenvalue weighted by molar-refractivity contribution is -0.192. The fourth-order valence-corrected chi connectivity index (χ4v) is 3.51. The Morgan fingerprint density at radius 3 is 2.46 bits per heavy atom. The average molecular weight is 496 g/mol. The third kappa shape index (κ3) is 5.48. The van der Waals surface area contributed by atoms with Gasteiger partial charge < -0.3 is 15.3 Å². The van der Waals surface area contributed by atoms with Crippen LogP contribution in [0.3, 0.4) is 0 Å². The molecule has 0 saturated carbocycles. The van der Waals surface area contributed by atoms with Crippen LogP contribution in [0.15, 0.2) is 24.4 Å². The van der Waals surface area contributed by atoms with Crippen molar-refractivity contribution < 1.29 is 37.5 Å². The van der Waals surface area contributed by atoms with E-state index in [1.165, 1.54) is 4.90 Å². The molecule has 1 unspecified atom stereocenters. The molecular formula is C21H23F3N6O5. The first-order chi connectivity index (χ1) is 16.2. The minimum atomic E-state index is -5.08. The lowest BCUT2D eigenvalue weighted by Crippen LogP contribution is -2.52. The van der Waals surface area contributed by atoms with Gasteiger partial charge in [0.1, 0.15) is 11.7 Å². The molecule has 1 aromatic heterocycles. The highest BCUT2D eigenvalue weighted by molar-refractivity contribution is 6.05. The Hall–Kier alpha value is -3.81. The molecule has 0 bridgehead atoms. The van der Waals surface area contributed by atoms with Gasteiger partial charge in [0, 0.05) is 18.5 Å². The van der Waals surface area contributed by atoms with E-state index in [0.717, 1.165) is 16.9 Å². The second-order valence-corrected chi connectivity index (χ2v) is 8.47. The number of benzene rings is 1. The molecule has 1 aromatic carbocycles. The number of aliphatic carboxylic acids is 1. The van der Waals surface area contributed by atoms with Gasteiger partial charge in [-0.05, 0) is 51.1 Å². The van der Waals surface area contributed by atoms with Crippen LogP contribution < -0.4 is 10.6 Å². The molecule has 11 nitrogen and oxygen atoms in total. The summed E-state index contributed by atoms with van der Waals surface area (Å²) in [5.74, 6) is -3.65. The van der Waals surface area contributed by atoms with Crippen LogP contribution in [-0.2, 0) is 26.5 Å². The van der Waals surface area contributed by atoms with E-state index >= 15 is 0 Å². The lowest BCUT2D eigenvalue weighted by atomic mass is 10.0. The Labute approximate surface area is 197 Å². The van der Waals surface area contributed by atoms with Gasteiger partial charge >= 0.3 is 12.1 Å². The molecule has 188 valence electrons. The molecule has 35 heavy (non-hydrogen) atoms. The summed E-state index contributed by atoms with van der Waals surface area (Å²) in [4.78, 5) is 46.7. The molecule has 3 amide bonds. The number of fused-ring (bicyclic) bond motifs is 1. The first-order valence-corrected chi connectivity index (χ1v) is 10.4. The van der Waals surface area contributed by atoms with E-state index in [0.29, 0.717) is 18.5 Å². The fourth-order valence-electron chi connectivity index (χ4n) is 3.51. The van der Waals surface area contributed by atoms with Gasteiger partial charge in [0.05, 0.1) is 17.4 Å². The number of halogens is 3. The zero-order chi connectivity index (χ0) is 26.1. The molecule has 2 aliphatic heterocycles. The van der Waals surface area contributed by atoms with Gasteiger partial charge in [-0.25, -0.2) is 9.48 Å². The molecule has 0 aliphatic carbocycles. The zero-order valence-corrected chi connectivity index (χ0v) is 19.0. The van der Waals surface area contributed by atoms with E-state index in [1.807, 2.05) is 39.2 Å². The molecule has 2 aromatic rings. The average Bonchev–Trinajstić information content (AvgIpc) is 3.39. The number of hydrogen-bond donors (Lipinski definition) is 3. The molecule has 1 atom stereocenters. The van der Waals surface area contributed by atoms with Gasteiger partial charge in [0.15, 0.2) is 0 Å². The predicted molar refractivity (Wildman–Crippen MR) is 113 cm³/mol. The molecule has 4 rings (SSSR count). The molecule has 1 fully saturated rings.